The number of nitrogens with one attached hydrogen (secondary N) is 3. The summed E-state index contributed by atoms with van der Waals surface area (Å²) in [4.78, 5) is 28.0. The van der Waals surface area contributed by atoms with E-state index in [2.05, 4.69) is 12.4 Å². The van der Waals surface area contributed by atoms with Crippen molar-refractivity contribution in [2.75, 3.05) is 57.5 Å². The number of benzene rings is 1. The zero-order valence-electron chi connectivity index (χ0n) is 14.6. The first-order valence-corrected chi connectivity index (χ1v) is 8.31. The van der Waals surface area contributed by atoms with Crippen LogP contribution in [0.4, 0.5) is 11.4 Å². The van der Waals surface area contributed by atoms with Gasteiger partial charge in [0.1, 0.15) is 32.2 Å². The molecule has 7 heteroatoms. The zero-order chi connectivity index (χ0) is 17.7. The van der Waals surface area contributed by atoms with E-state index in [0.29, 0.717) is 5.69 Å². The first-order chi connectivity index (χ1) is 11.4. The van der Waals surface area contributed by atoms with Crippen LogP contribution in [0.2, 0.25) is 0 Å². The third-order valence-electron chi connectivity index (χ3n) is 4.58. The van der Waals surface area contributed by atoms with E-state index >= 15 is 0 Å². The molecular weight excluding hydrogens is 308 g/mol. The van der Waals surface area contributed by atoms with Gasteiger partial charge in [0, 0.05) is 25.5 Å². The molecule has 0 aliphatic carbocycles. The van der Waals surface area contributed by atoms with Gasteiger partial charge >= 0.3 is 0 Å². The summed E-state index contributed by atoms with van der Waals surface area (Å²) < 4.78 is 0. The number of likely N-dealkylation sites (N-methyl/N-ethyl adjacent to an activating group) is 1. The topological polar surface area (TPSA) is 81.3 Å². The van der Waals surface area contributed by atoms with E-state index in [-0.39, 0.29) is 12.3 Å². The monoisotopic (exact) mass is 335 g/mol. The van der Waals surface area contributed by atoms with Gasteiger partial charge in [-0.1, -0.05) is 0 Å². The van der Waals surface area contributed by atoms with Crippen LogP contribution in [0.15, 0.2) is 24.3 Å². The van der Waals surface area contributed by atoms with Gasteiger partial charge in [-0.05, 0) is 24.3 Å². The highest BCUT2D eigenvalue weighted by Gasteiger charge is 2.30. The highest BCUT2D eigenvalue weighted by molar-refractivity contribution is 5.93. The molecule has 1 aromatic rings. The molecule has 0 unspecified atom stereocenters. The number of amides is 1. The van der Waals surface area contributed by atoms with Gasteiger partial charge in [-0.15, -0.1) is 0 Å². The van der Waals surface area contributed by atoms with Crippen LogP contribution < -0.4 is 25.1 Å². The highest BCUT2D eigenvalue weighted by atomic mass is 16.4. The molecule has 0 spiro atoms. The van der Waals surface area contributed by atoms with E-state index in [9.17, 15) is 14.7 Å². The van der Waals surface area contributed by atoms with Gasteiger partial charge < -0.3 is 29.9 Å². The van der Waals surface area contributed by atoms with Crippen molar-refractivity contribution in [3.8, 4) is 0 Å². The summed E-state index contributed by atoms with van der Waals surface area (Å²) in [6.07, 6.45) is -0.0633. The number of quaternary nitrogens is 2. The second-order valence-electron chi connectivity index (χ2n) is 6.68. The number of rotatable bonds is 6. The Morgan fingerprint density at radius 3 is 2.25 bits per heavy atom. The van der Waals surface area contributed by atoms with Crippen LogP contribution in [-0.2, 0) is 9.59 Å². The SMILES string of the molecule is CN(C)c1ccc(NC(=O)C[C@H](C(=O)[O-])[NH+]2CC[NH+](C)CC2)cc1. The Balaban J connectivity index is 1.94. The second kappa shape index (κ2) is 8.12. The first-order valence-electron chi connectivity index (χ1n) is 8.31. The Labute approximate surface area is 142 Å². The number of carbonyl (C=O) groups is 2. The van der Waals surface area contributed by atoms with Crippen molar-refractivity contribution in [2.24, 2.45) is 0 Å². The lowest BCUT2D eigenvalue weighted by molar-refractivity contribution is -1.01. The molecule has 0 aromatic heterocycles. The maximum absolute atomic E-state index is 12.2. The zero-order valence-corrected chi connectivity index (χ0v) is 14.6. The molecule has 1 atom stereocenters. The summed E-state index contributed by atoms with van der Waals surface area (Å²) in [6.45, 7) is 3.31. The van der Waals surface area contributed by atoms with Crippen molar-refractivity contribution in [1.82, 2.24) is 0 Å². The lowest BCUT2D eigenvalue weighted by Gasteiger charge is -2.33. The van der Waals surface area contributed by atoms with Gasteiger partial charge in [0.25, 0.3) is 0 Å². The predicted molar refractivity (Wildman–Crippen MR) is 90.1 cm³/mol. The summed E-state index contributed by atoms with van der Waals surface area (Å²) in [5.41, 5.74) is 1.70. The van der Waals surface area contributed by atoms with Gasteiger partial charge in [-0.2, -0.15) is 0 Å². The van der Waals surface area contributed by atoms with E-state index in [1.54, 1.807) is 0 Å². The molecular formula is C17H27N4O3+. The van der Waals surface area contributed by atoms with E-state index in [4.69, 9.17) is 0 Å². The second-order valence-corrected chi connectivity index (χ2v) is 6.68. The van der Waals surface area contributed by atoms with Crippen LogP contribution in [0.5, 0.6) is 0 Å². The fraction of sp³-hybridized carbons (Fsp3) is 0.529. The maximum atomic E-state index is 12.2. The normalized spacial score (nSPS) is 21.8. The molecule has 0 saturated carbocycles. The molecule has 1 aliphatic heterocycles. The Morgan fingerprint density at radius 2 is 1.75 bits per heavy atom. The van der Waals surface area contributed by atoms with Crippen molar-refractivity contribution in [3.05, 3.63) is 24.3 Å². The summed E-state index contributed by atoms with van der Waals surface area (Å²) in [5.74, 6) is -1.44. The molecule has 1 aromatic carbocycles. The standard InChI is InChI=1S/C17H26N4O3/c1-19(2)14-6-4-13(5-7-14)18-16(22)12-15(17(23)24)21-10-8-20(3)9-11-21/h4-7,15H,8-12H2,1-3H3,(H,18,22)(H,23,24)/p+1/t15-/m1/s1. The number of carboxylic acid groups (broad SMARTS) is 1. The number of anilines is 2. The Kier molecular flexibility index (Phi) is 6.16. The average molecular weight is 335 g/mol. The van der Waals surface area contributed by atoms with Crippen LogP contribution >= 0.6 is 0 Å². The van der Waals surface area contributed by atoms with Crippen molar-refractivity contribution >= 4 is 23.3 Å². The van der Waals surface area contributed by atoms with Crippen molar-refractivity contribution in [3.63, 3.8) is 0 Å². The number of hydrogen-bond acceptors (Lipinski definition) is 4. The number of aliphatic carboxylic acids is 1. The largest absolute Gasteiger partial charge is 0.544 e. The Hall–Kier alpha value is -2.12. The first kappa shape index (κ1) is 18.2. The van der Waals surface area contributed by atoms with Crippen molar-refractivity contribution in [2.45, 2.75) is 12.5 Å². The minimum Gasteiger partial charge on any atom is -0.544 e. The third-order valence-corrected chi connectivity index (χ3v) is 4.58. The van der Waals surface area contributed by atoms with E-state index in [0.717, 1.165) is 36.8 Å². The van der Waals surface area contributed by atoms with Gasteiger partial charge in [-0.25, -0.2) is 0 Å². The number of carbonyl (C=O) groups excluding carboxylic acids is 2. The minimum atomic E-state index is -1.15. The third kappa shape index (κ3) is 4.94. The lowest BCUT2D eigenvalue weighted by Crippen LogP contribution is -3.29. The Morgan fingerprint density at radius 1 is 1.17 bits per heavy atom. The van der Waals surface area contributed by atoms with E-state index in [1.807, 2.05) is 43.3 Å². The summed E-state index contributed by atoms with van der Waals surface area (Å²) >= 11 is 0. The van der Waals surface area contributed by atoms with Crippen molar-refractivity contribution < 1.29 is 24.5 Å². The molecule has 1 saturated heterocycles. The van der Waals surface area contributed by atoms with Crippen LogP contribution in [0, 0.1) is 0 Å². The molecule has 132 valence electrons. The van der Waals surface area contributed by atoms with Gasteiger partial charge in [0.15, 0.2) is 0 Å². The highest BCUT2D eigenvalue weighted by Crippen LogP contribution is 2.15. The molecule has 1 amide bonds. The molecule has 24 heavy (non-hydrogen) atoms. The summed E-state index contributed by atoms with van der Waals surface area (Å²) in [5, 5.41) is 14.2. The molecule has 7 nitrogen and oxygen atoms in total. The average Bonchev–Trinajstić information content (AvgIpc) is 2.54. The molecule has 1 aliphatic rings. The smallest absolute Gasteiger partial charge is 0.230 e. The lowest BCUT2D eigenvalue weighted by atomic mass is 10.1. The number of nitrogens with zero attached hydrogens (tertiary/aromatic N) is 1. The molecule has 3 N–H and O–H groups in total. The predicted octanol–water partition coefficient (Wildman–Crippen LogP) is -3.39. The van der Waals surface area contributed by atoms with Gasteiger partial charge in [-0.3, -0.25) is 4.79 Å². The molecule has 1 heterocycles. The summed E-state index contributed by atoms with van der Waals surface area (Å²) in [6, 6.07) is 6.64. The molecule has 1 fully saturated rings. The number of carboxylic acids is 1. The number of hydrogen-bond donors (Lipinski definition) is 3. The minimum absolute atomic E-state index is 0.0633. The molecule has 0 radical (unpaired) electrons. The van der Waals surface area contributed by atoms with E-state index < -0.39 is 12.0 Å². The molecule has 2 rings (SSSR count). The van der Waals surface area contributed by atoms with Gasteiger partial charge in [0.2, 0.25) is 5.91 Å². The summed E-state index contributed by atoms with van der Waals surface area (Å²) in [7, 11) is 5.98. The van der Waals surface area contributed by atoms with Crippen LogP contribution in [0.3, 0.4) is 0 Å². The van der Waals surface area contributed by atoms with Crippen LogP contribution in [0.25, 0.3) is 0 Å². The Bertz CT molecular complexity index is 566. The van der Waals surface area contributed by atoms with E-state index in [1.165, 1.54) is 4.90 Å². The fourth-order valence-electron chi connectivity index (χ4n) is 2.98. The van der Waals surface area contributed by atoms with Crippen molar-refractivity contribution in [1.29, 1.82) is 0 Å². The number of piperazine rings is 1. The fourth-order valence-corrected chi connectivity index (χ4v) is 2.98. The molecule has 0 bridgehead atoms. The van der Waals surface area contributed by atoms with Crippen LogP contribution in [-0.4, -0.2) is 65.2 Å². The maximum Gasteiger partial charge on any atom is 0.230 e. The van der Waals surface area contributed by atoms with Crippen LogP contribution in [0.1, 0.15) is 6.42 Å². The van der Waals surface area contributed by atoms with Gasteiger partial charge in [0.05, 0.1) is 19.4 Å². The quantitative estimate of drug-likeness (QED) is 0.507.